The molecule has 7 heteroatoms. The summed E-state index contributed by atoms with van der Waals surface area (Å²) in [4.78, 5) is 29.1. The summed E-state index contributed by atoms with van der Waals surface area (Å²) in [5.41, 5.74) is 2.88. The molecule has 3 aromatic rings. The highest BCUT2D eigenvalue weighted by atomic mass is 32.1. The second-order valence-corrected chi connectivity index (χ2v) is 9.97. The minimum atomic E-state index is 0.0140. The SMILES string of the molecule is CCc1cc2c(N3CCC[C@H](C(=O)NCCN4CCc5ccccc5C4)C3)ncnc2s1. The van der Waals surface area contributed by atoms with Crippen LogP contribution < -0.4 is 10.2 Å². The summed E-state index contributed by atoms with van der Waals surface area (Å²) in [5.74, 6) is 1.17. The molecule has 1 saturated heterocycles. The third kappa shape index (κ3) is 4.50. The Kier molecular flexibility index (Phi) is 6.37. The molecule has 168 valence electrons. The van der Waals surface area contributed by atoms with E-state index in [1.165, 1.54) is 16.0 Å². The average Bonchev–Trinajstić information content (AvgIpc) is 3.27. The largest absolute Gasteiger partial charge is 0.355 e. The van der Waals surface area contributed by atoms with Crippen molar-refractivity contribution in [1.82, 2.24) is 20.2 Å². The lowest BCUT2D eigenvalue weighted by atomic mass is 9.97. The van der Waals surface area contributed by atoms with Crippen LogP contribution in [0.5, 0.6) is 0 Å². The summed E-state index contributed by atoms with van der Waals surface area (Å²) in [5, 5.41) is 4.33. The molecule has 0 aliphatic carbocycles. The number of nitrogens with zero attached hydrogens (tertiary/aromatic N) is 4. The maximum atomic E-state index is 12.9. The van der Waals surface area contributed by atoms with E-state index >= 15 is 0 Å². The van der Waals surface area contributed by atoms with E-state index in [4.69, 9.17) is 0 Å². The summed E-state index contributed by atoms with van der Waals surface area (Å²) >= 11 is 1.74. The number of fused-ring (bicyclic) bond motifs is 2. The molecule has 5 rings (SSSR count). The van der Waals surface area contributed by atoms with Gasteiger partial charge in [-0.25, -0.2) is 9.97 Å². The molecule has 2 aliphatic heterocycles. The molecule has 1 N–H and O–H groups in total. The Morgan fingerprint density at radius 1 is 1.22 bits per heavy atom. The number of amides is 1. The average molecular weight is 450 g/mol. The van der Waals surface area contributed by atoms with Crippen molar-refractivity contribution in [2.75, 3.05) is 37.6 Å². The van der Waals surface area contributed by atoms with Crippen molar-refractivity contribution in [3.63, 3.8) is 0 Å². The highest BCUT2D eigenvalue weighted by Gasteiger charge is 2.28. The molecular weight excluding hydrogens is 418 g/mol. The third-order valence-corrected chi connectivity index (χ3v) is 7.92. The number of piperidine rings is 1. The fraction of sp³-hybridized carbons (Fsp3) is 0.480. The van der Waals surface area contributed by atoms with Crippen LogP contribution in [-0.4, -0.2) is 53.5 Å². The van der Waals surface area contributed by atoms with Gasteiger partial charge in [0, 0.05) is 44.1 Å². The smallest absolute Gasteiger partial charge is 0.224 e. The van der Waals surface area contributed by atoms with Crippen LogP contribution in [0.15, 0.2) is 36.7 Å². The Morgan fingerprint density at radius 3 is 2.97 bits per heavy atom. The summed E-state index contributed by atoms with van der Waals surface area (Å²) in [7, 11) is 0. The maximum Gasteiger partial charge on any atom is 0.224 e. The van der Waals surface area contributed by atoms with Crippen molar-refractivity contribution in [2.45, 2.75) is 39.2 Å². The van der Waals surface area contributed by atoms with Crippen molar-refractivity contribution < 1.29 is 4.79 Å². The van der Waals surface area contributed by atoms with Gasteiger partial charge in [-0.1, -0.05) is 31.2 Å². The highest BCUT2D eigenvalue weighted by molar-refractivity contribution is 7.18. The Hall–Kier alpha value is -2.51. The van der Waals surface area contributed by atoms with E-state index in [2.05, 4.69) is 62.3 Å². The van der Waals surface area contributed by atoms with Gasteiger partial charge in [0.15, 0.2) is 0 Å². The zero-order chi connectivity index (χ0) is 21.9. The molecule has 1 amide bonds. The Balaban J connectivity index is 1.16. The van der Waals surface area contributed by atoms with Gasteiger partial charge in [0.1, 0.15) is 17.0 Å². The Labute approximate surface area is 193 Å². The number of aryl methyl sites for hydroxylation is 1. The van der Waals surface area contributed by atoms with E-state index in [1.54, 1.807) is 17.7 Å². The highest BCUT2D eigenvalue weighted by Crippen LogP contribution is 2.32. The molecule has 2 aliphatic rings. The lowest BCUT2D eigenvalue weighted by molar-refractivity contribution is -0.125. The van der Waals surface area contributed by atoms with Gasteiger partial charge in [-0.15, -0.1) is 11.3 Å². The molecule has 1 atom stereocenters. The summed E-state index contributed by atoms with van der Waals surface area (Å²) in [6, 6.07) is 10.9. The van der Waals surface area contributed by atoms with Gasteiger partial charge in [0.05, 0.1) is 11.3 Å². The number of aromatic nitrogens is 2. The fourth-order valence-corrected chi connectivity index (χ4v) is 5.86. The molecule has 1 fully saturated rings. The number of benzene rings is 1. The first-order valence-electron chi connectivity index (χ1n) is 11.8. The normalized spacial score (nSPS) is 19.2. The molecule has 0 unspecified atom stereocenters. The predicted molar refractivity (Wildman–Crippen MR) is 130 cm³/mol. The van der Waals surface area contributed by atoms with Crippen molar-refractivity contribution in [3.05, 3.63) is 52.7 Å². The molecule has 32 heavy (non-hydrogen) atoms. The predicted octanol–water partition coefficient (Wildman–Crippen LogP) is 3.64. The van der Waals surface area contributed by atoms with Crippen LogP contribution in [0, 0.1) is 5.92 Å². The number of rotatable bonds is 6. The molecule has 2 aromatic heterocycles. The standard InChI is InChI=1S/C25H31N5OS/c1-2-21-14-22-23(27-17-28-25(22)32-21)30-11-5-8-20(16-30)24(31)26-10-13-29-12-9-18-6-3-4-7-19(18)15-29/h3-4,6-7,14,17,20H,2,5,8-13,15-16H2,1H3,(H,26,31)/t20-/m0/s1. The second-order valence-electron chi connectivity index (χ2n) is 8.85. The van der Waals surface area contributed by atoms with Gasteiger partial charge in [0.25, 0.3) is 0 Å². The van der Waals surface area contributed by atoms with Gasteiger partial charge < -0.3 is 10.2 Å². The maximum absolute atomic E-state index is 12.9. The number of anilines is 1. The van der Waals surface area contributed by atoms with Crippen LogP contribution in [0.2, 0.25) is 0 Å². The molecule has 6 nitrogen and oxygen atoms in total. The third-order valence-electron chi connectivity index (χ3n) is 6.74. The van der Waals surface area contributed by atoms with Gasteiger partial charge in [-0.05, 0) is 42.9 Å². The van der Waals surface area contributed by atoms with E-state index < -0.39 is 0 Å². The van der Waals surface area contributed by atoms with Crippen LogP contribution in [0.4, 0.5) is 5.82 Å². The van der Waals surface area contributed by atoms with Crippen molar-refractivity contribution >= 4 is 33.3 Å². The number of nitrogens with one attached hydrogen (secondary N) is 1. The quantitative estimate of drug-likeness (QED) is 0.623. The Morgan fingerprint density at radius 2 is 2.09 bits per heavy atom. The topological polar surface area (TPSA) is 61.4 Å². The van der Waals surface area contributed by atoms with Crippen LogP contribution in [-0.2, 0) is 24.2 Å². The first-order valence-corrected chi connectivity index (χ1v) is 12.6. The molecule has 0 spiro atoms. The van der Waals surface area contributed by atoms with Crippen molar-refractivity contribution in [2.24, 2.45) is 5.92 Å². The van der Waals surface area contributed by atoms with Crippen LogP contribution in [0.1, 0.15) is 35.8 Å². The molecular formula is C25H31N5OS. The zero-order valence-electron chi connectivity index (χ0n) is 18.7. The van der Waals surface area contributed by atoms with Gasteiger partial charge in [-0.2, -0.15) is 0 Å². The van der Waals surface area contributed by atoms with E-state index in [-0.39, 0.29) is 11.8 Å². The lowest BCUT2D eigenvalue weighted by Crippen LogP contribution is -2.45. The lowest BCUT2D eigenvalue weighted by Gasteiger charge is -2.33. The van der Waals surface area contributed by atoms with E-state index in [9.17, 15) is 4.79 Å². The summed E-state index contributed by atoms with van der Waals surface area (Å²) in [6.07, 6.45) is 5.72. The van der Waals surface area contributed by atoms with Gasteiger partial charge in [0.2, 0.25) is 5.91 Å². The number of hydrogen-bond donors (Lipinski definition) is 1. The van der Waals surface area contributed by atoms with Crippen molar-refractivity contribution in [3.8, 4) is 0 Å². The first kappa shape index (κ1) is 21.3. The Bertz CT molecular complexity index is 1100. The molecule has 0 radical (unpaired) electrons. The van der Waals surface area contributed by atoms with E-state index in [1.807, 2.05) is 0 Å². The molecule has 0 saturated carbocycles. The molecule has 1 aromatic carbocycles. The van der Waals surface area contributed by atoms with E-state index in [0.29, 0.717) is 6.54 Å². The first-order chi connectivity index (χ1) is 15.7. The summed E-state index contributed by atoms with van der Waals surface area (Å²) < 4.78 is 0. The molecule has 0 bridgehead atoms. The van der Waals surface area contributed by atoms with Crippen LogP contribution >= 0.6 is 11.3 Å². The van der Waals surface area contributed by atoms with Gasteiger partial charge in [-0.3, -0.25) is 9.69 Å². The van der Waals surface area contributed by atoms with Crippen LogP contribution in [0.3, 0.4) is 0 Å². The van der Waals surface area contributed by atoms with Crippen LogP contribution in [0.25, 0.3) is 10.2 Å². The van der Waals surface area contributed by atoms with Crippen molar-refractivity contribution in [1.29, 1.82) is 0 Å². The summed E-state index contributed by atoms with van der Waals surface area (Å²) in [6.45, 7) is 7.49. The second kappa shape index (κ2) is 9.55. The number of thiophene rings is 1. The monoisotopic (exact) mass is 449 g/mol. The zero-order valence-corrected chi connectivity index (χ0v) is 19.5. The number of hydrogen-bond acceptors (Lipinski definition) is 6. The van der Waals surface area contributed by atoms with Gasteiger partial charge >= 0.3 is 0 Å². The number of carbonyl (C=O) groups is 1. The van der Waals surface area contributed by atoms with E-state index in [0.717, 1.165) is 74.4 Å². The molecule has 4 heterocycles. The fourth-order valence-electron chi connectivity index (χ4n) is 4.93. The minimum Gasteiger partial charge on any atom is -0.355 e. The minimum absolute atomic E-state index is 0.0140. The number of carbonyl (C=O) groups excluding carboxylic acids is 1.